The molecule has 0 saturated carbocycles. The molecule has 0 saturated heterocycles. The first-order valence-corrected chi connectivity index (χ1v) is 9.85. The van der Waals surface area contributed by atoms with Crippen molar-refractivity contribution in [2.24, 2.45) is 0 Å². The standard InChI is InChI=1S/C22H18N6O5/c1-12-8-13(2)24-22(23-12)26-15-5-3-4-14(9-15)25-19(29)11-27-20(30)17-7-6-16(28(32)33)10-18(17)21(27)31/h3-10H,11H2,1-2H3,(H,25,29)(H,23,24,26). The Morgan fingerprint density at radius 2 is 1.64 bits per heavy atom. The zero-order valence-corrected chi connectivity index (χ0v) is 17.7. The summed E-state index contributed by atoms with van der Waals surface area (Å²) in [6.45, 7) is 3.18. The smallest absolute Gasteiger partial charge is 0.270 e. The summed E-state index contributed by atoms with van der Waals surface area (Å²) in [4.78, 5) is 57.3. The maximum Gasteiger partial charge on any atom is 0.270 e. The van der Waals surface area contributed by atoms with Gasteiger partial charge in [-0.2, -0.15) is 0 Å². The number of benzene rings is 2. The van der Waals surface area contributed by atoms with Gasteiger partial charge in [-0.1, -0.05) is 6.07 Å². The largest absolute Gasteiger partial charge is 0.324 e. The summed E-state index contributed by atoms with van der Waals surface area (Å²) in [5.74, 6) is -1.62. The Bertz CT molecular complexity index is 1300. The molecule has 2 aromatic carbocycles. The second-order valence-corrected chi connectivity index (χ2v) is 7.41. The number of carbonyl (C=O) groups excluding carboxylic acids is 3. The summed E-state index contributed by atoms with van der Waals surface area (Å²) in [6.07, 6.45) is 0. The number of rotatable bonds is 6. The van der Waals surface area contributed by atoms with E-state index >= 15 is 0 Å². The fourth-order valence-corrected chi connectivity index (χ4v) is 3.47. The van der Waals surface area contributed by atoms with Gasteiger partial charge in [-0.3, -0.25) is 29.4 Å². The highest BCUT2D eigenvalue weighted by Crippen LogP contribution is 2.27. The molecule has 3 amide bonds. The molecule has 2 heterocycles. The first kappa shape index (κ1) is 21.6. The Hall–Kier alpha value is -4.67. The average Bonchev–Trinajstić information content (AvgIpc) is 2.97. The van der Waals surface area contributed by atoms with Crippen LogP contribution in [0.3, 0.4) is 0 Å². The number of anilines is 3. The first-order chi connectivity index (χ1) is 15.7. The van der Waals surface area contributed by atoms with E-state index in [1.807, 2.05) is 19.9 Å². The molecule has 0 radical (unpaired) electrons. The van der Waals surface area contributed by atoms with Crippen molar-refractivity contribution < 1.29 is 19.3 Å². The van der Waals surface area contributed by atoms with Crippen molar-refractivity contribution >= 4 is 40.7 Å². The van der Waals surface area contributed by atoms with E-state index in [0.717, 1.165) is 28.4 Å². The molecule has 1 aromatic heterocycles. The fourth-order valence-electron chi connectivity index (χ4n) is 3.47. The van der Waals surface area contributed by atoms with Crippen molar-refractivity contribution in [3.8, 4) is 0 Å². The van der Waals surface area contributed by atoms with Crippen molar-refractivity contribution in [1.82, 2.24) is 14.9 Å². The van der Waals surface area contributed by atoms with Crippen LogP contribution in [-0.2, 0) is 4.79 Å². The Labute approximate surface area is 187 Å². The summed E-state index contributed by atoms with van der Waals surface area (Å²) in [5.41, 5.74) is 2.30. The second-order valence-electron chi connectivity index (χ2n) is 7.41. The van der Waals surface area contributed by atoms with Crippen LogP contribution in [0.15, 0.2) is 48.5 Å². The van der Waals surface area contributed by atoms with Crippen molar-refractivity contribution in [1.29, 1.82) is 0 Å². The Morgan fingerprint density at radius 3 is 2.33 bits per heavy atom. The van der Waals surface area contributed by atoms with Crippen molar-refractivity contribution in [3.63, 3.8) is 0 Å². The van der Waals surface area contributed by atoms with Crippen molar-refractivity contribution in [3.05, 3.63) is 81.2 Å². The van der Waals surface area contributed by atoms with E-state index in [4.69, 9.17) is 0 Å². The normalized spacial score (nSPS) is 12.5. The van der Waals surface area contributed by atoms with Crippen LogP contribution >= 0.6 is 0 Å². The van der Waals surface area contributed by atoms with Crippen molar-refractivity contribution in [2.45, 2.75) is 13.8 Å². The number of aromatic nitrogens is 2. The summed E-state index contributed by atoms with van der Waals surface area (Å²) in [6, 6.07) is 12.0. The van der Waals surface area contributed by atoms with Crippen LogP contribution < -0.4 is 10.6 Å². The number of nitro benzene ring substituents is 1. The lowest BCUT2D eigenvalue weighted by Gasteiger charge is -2.14. The number of aryl methyl sites for hydroxylation is 2. The molecule has 0 aliphatic carbocycles. The van der Waals surface area contributed by atoms with Crippen LogP contribution in [0, 0.1) is 24.0 Å². The maximum absolute atomic E-state index is 12.6. The lowest BCUT2D eigenvalue weighted by Crippen LogP contribution is -2.37. The number of non-ortho nitro benzene ring substituents is 1. The number of hydrogen-bond donors (Lipinski definition) is 2. The summed E-state index contributed by atoms with van der Waals surface area (Å²) < 4.78 is 0. The van der Waals surface area contributed by atoms with Crippen molar-refractivity contribution in [2.75, 3.05) is 17.2 Å². The molecule has 0 spiro atoms. The van der Waals surface area contributed by atoms with Crippen LogP contribution in [0.2, 0.25) is 0 Å². The molecular weight excluding hydrogens is 428 g/mol. The Kier molecular flexibility index (Phi) is 5.53. The molecule has 33 heavy (non-hydrogen) atoms. The van der Waals surface area contributed by atoms with E-state index in [-0.39, 0.29) is 16.8 Å². The van der Waals surface area contributed by atoms with Crippen LogP contribution in [0.4, 0.5) is 23.0 Å². The molecule has 11 nitrogen and oxygen atoms in total. The van der Waals surface area contributed by atoms with Gasteiger partial charge in [0.05, 0.1) is 16.1 Å². The Morgan fingerprint density at radius 1 is 0.970 bits per heavy atom. The molecule has 1 aliphatic heterocycles. The number of carbonyl (C=O) groups is 3. The molecule has 11 heteroatoms. The van der Waals surface area contributed by atoms with Crippen LogP contribution in [0.25, 0.3) is 0 Å². The van der Waals surface area contributed by atoms with E-state index in [2.05, 4.69) is 20.6 Å². The van der Waals surface area contributed by atoms with Gasteiger partial charge in [0, 0.05) is 34.9 Å². The third-order valence-corrected chi connectivity index (χ3v) is 4.85. The predicted octanol–water partition coefficient (Wildman–Crippen LogP) is 2.98. The van der Waals surface area contributed by atoms with E-state index < -0.39 is 29.2 Å². The van der Waals surface area contributed by atoms with Gasteiger partial charge in [0.15, 0.2) is 0 Å². The zero-order valence-electron chi connectivity index (χ0n) is 17.7. The van der Waals surface area contributed by atoms with E-state index in [1.54, 1.807) is 24.3 Å². The molecule has 0 atom stereocenters. The van der Waals surface area contributed by atoms with Gasteiger partial charge in [-0.15, -0.1) is 0 Å². The molecule has 0 unspecified atom stereocenters. The van der Waals surface area contributed by atoms with Gasteiger partial charge in [0.2, 0.25) is 11.9 Å². The number of fused-ring (bicyclic) bond motifs is 1. The number of nitrogens with zero attached hydrogens (tertiary/aromatic N) is 4. The number of nitrogens with one attached hydrogen (secondary N) is 2. The lowest BCUT2D eigenvalue weighted by molar-refractivity contribution is -0.384. The minimum absolute atomic E-state index is 0.0260. The van der Waals surface area contributed by atoms with Gasteiger partial charge < -0.3 is 10.6 Å². The highest BCUT2D eigenvalue weighted by Gasteiger charge is 2.37. The molecule has 3 aromatic rings. The molecule has 4 rings (SSSR count). The maximum atomic E-state index is 12.6. The third-order valence-electron chi connectivity index (χ3n) is 4.85. The monoisotopic (exact) mass is 446 g/mol. The minimum atomic E-state index is -0.753. The molecule has 2 N–H and O–H groups in total. The third kappa shape index (κ3) is 4.51. The van der Waals surface area contributed by atoms with E-state index in [9.17, 15) is 24.5 Å². The highest BCUT2D eigenvalue weighted by molar-refractivity contribution is 6.23. The number of hydrogen-bond acceptors (Lipinski definition) is 8. The zero-order chi connectivity index (χ0) is 23.7. The van der Waals surface area contributed by atoms with Crippen LogP contribution in [0.1, 0.15) is 32.1 Å². The molecule has 1 aliphatic rings. The number of amides is 3. The summed E-state index contributed by atoms with van der Waals surface area (Å²) in [5, 5.41) is 16.7. The second kappa shape index (κ2) is 8.46. The predicted molar refractivity (Wildman–Crippen MR) is 118 cm³/mol. The molecular formula is C22H18N6O5. The Balaban J connectivity index is 1.45. The van der Waals surface area contributed by atoms with Gasteiger partial charge in [0.1, 0.15) is 6.54 Å². The quantitative estimate of drug-likeness (QED) is 0.334. The van der Waals surface area contributed by atoms with Crippen LogP contribution in [-0.4, -0.2) is 44.1 Å². The lowest BCUT2D eigenvalue weighted by atomic mass is 10.1. The number of nitro groups is 1. The number of imide groups is 1. The fraction of sp³-hybridized carbons (Fsp3) is 0.136. The molecule has 166 valence electrons. The van der Waals surface area contributed by atoms with Gasteiger partial charge in [-0.25, -0.2) is 9.97 Å². The summed E-state index contributed by atoms with van der Waals surface area (Å²) >= 11 is 0. The van der Waals surface area contributed by atoms with Gasteiger partial charge in [-0.05, 0) is 44.2 Å². The van der Waals surface area contributed by atoms with E-state index in [0.29, 0.717) is 17.3 Å². The minimum Gasteiger partial charge on any atom is -0.324 e. The van der Waals surface area contributed by atoms with Gasteiger partial charge in [0.25, 0.3) is 17.5 Å². The van der Waals surface area contributed by atoms with Crippen LogP contribution in [0.5, 0.6) is 0 Å². The molecule has 0 bridgehead atoms. The summed E-state index contributed by atoms with van der Waals surface area (Å²) in [7, 11) is 0. The average molecular weight is 446 g/mol. The first-order valence-electron chi connectivity index (χ1n) is 9.85. The molecule has 0 fully saturated rings. The SMILES string of the molecule is Cc1cc(C)nc(Nc2cccc(NC(=O)CN3C(=O)c4ccc([N+](=O)[O-])cc4C3=O)c2)n1. The van der Waals surface area contributed by atoms with Gasteiger partial charge >= 0.3 is 0 Å². The topological polar surface area (TPSA) is 147 Å². The van der Waals surface area contributed by atoms with E-state index in [1.165, 1.54) is 6.07 Å². The highest BCUT2D eigenvalue weighted by atomic mass is 16.6.